The molecular formula is C13H14FNO. The second-order valence-electron chi connectivity index (χ2n) is 4.21. The van der Waals surface area contributed by atoms with Crippen molar-refractivity contribution in [3.63, 3.8) is 0 Å². The Balaban J connectivity index is 2.48. The summed E-state index contributed by atoms with van der Waals surface area (Å²) in [6.07, 6.45) is 2.24. The van der Waals surface area contributed by atoms with Crippen LogP contribution < -0.4 is 0 Å². The number of aromatic amines is 1. The molecule has 0 aliphatic carbocycles. The summed E-state index contributed by atoms with van der Waals surface area (Å²) in [6.45, 7) is 3.50. The molecule has 1 aromatic heterocycles. The van der Waals surface area contributed by atoms with E-state index in [2.05, 4.69) is 4.98 Å². The van der Waals surface area contributed by atoms with Crippen LogP contribution in [-0.4, -0.2) is 10.8 Å². The molecule has 0 spiro atoms. The molecule has 3 heteroatoms. The molecule has 1 atom stereocenters. The highest BCUT2D eigenvalue weighted by atomic mass is 19.1. The molecule has 0 radical (unpaired) electrons. The highest BCUT2D eigenvalue weighted by Crippen LogP contribution is 2.29. The Morgan fingerprint density at radius 2 is 2.25 bits per heavy atom. The lowest BCUT2D eigenvalue weighted by Gasteiger charge is -2.08. The summed E-state index contributed by atoms with van der Waals surface area (Å²) >= 11 is 0. The molecule has 0 amide bonds. The van der Waals surface area contributed by atoms with Crippen molar-refractivity contribution in [2.45, 2.75) is 26.2 Å². The van der Waals surface area contributed by atoms with Gasteiger partial charge in [-0.15, -0.1) is 0 Å². The molecular weight excluding hydrogens is 205 g/mol. The Hall–Kier alpha value is -1.64. The molecule has 1 heterocycles. The van der Waals surface area contributed by atoms with Gasteiger partial charge in [0, 0.05) is 23.5 Å². The number of rotatable bonds is 3. The molecule has 0 aliphatic rings. The molecule has 0 fully saturated rings. The maximum atomic E-state index is 13.7. The predicted molar refractivity (Wildman–Crippen MR) is 62.0 cm³/mol. The summed E-state index contributed by atoms with van der Waals surface area (Å²) in [7, 11) is 0. The van der Waals surface area contributed by atoms with E-state index >= 15 is 0 Å². The van der Waals surface area contributed by atoms with Gasteiger partial charge in [-0.05, 0) is 30.5 Å². The van der Waals surface area contributed by atoms with Gasteiger partial charge in [0.15, 0.2) is 0 Å². The van der Waals surface area contributed by atoms with Crippen LogP contribution in [-0.2, 0) is 4.79 Å². The first-order chi connectivity index (χ1) is 7.59. The third-order valence-electron chi connectivity index (χ3n) is 2.81. The molecule has 0 aliphatic heterocycles. The number of hydrogen-bond donors (Lipinski definition) is 1. The van der Waals surface area contributed by atoms with E-state index in [-0.39, 0.29) is 17.5 Å². The van der Waals surface area contributed by atoms with Gasteiger partial charge >= 0.3 is 0 Å². The fourth-order valence-corrected chi connectivity index (χ4v) is 2.10. The zero-order valence-corrected chi connectivity index (χ0v) is 9.38. The van der Waals surface area contributed by atoms with Crippen LogP contribution in [0.25, 0.3) is 10.9 Å². The average Bonchev–Trinajstić information content (AvgIpc) is 2.61. The minimum Gasteiger partial charge on any atom is -0.361 e. The van der Waals surface area contributed by atoms with Crippen LogP contribution in [0.1, 0.15) is 31.7 Å². The van der Waals surface area contributed by atoms with Crippen molar-refractivity contribution in [2.24, 2.45) is 0 Å². The fraction of sp³-hybridized carbons (Fsp3) is 0.308. The standard InChI is InChI=1S/C13H14FNO/c1-8(6-9(2)16)10-7-15-12-5-3-4-11(14)13(10)12/h3-5,7-8,15H,6H2,1-2H3. The van der Waals surface area contributed by atoms with Gasteiger partial charge in [0.1, 0.15) is 11.6 Å². The monoisotopic (exact) mass is 219 g/mol. The van der Waals surface area contributed by atoms with Crippen LogP contribution in [0.2, 0.25) is 0 Å². The molecule has 1 aromatic carbocycles. The van der Waals surface area contributed by atoms with Crippen molar-refractivity contribution in [1.29, 1.82) is 0 Å². The molecule has 2 aromatic rings. The number of hydrogen-bond acceptors (Lipinski definition) is 1. The third-order valence-corrected chi connectivity index (χ3v) is 2.81. The number of benzene rings is 1. The second-order valence-corrected chi connectivity index (χ2v) is 4.21. The summed E-state index contributed by atoms with van der Waals surface area (Å²) in [4.78, 5) is 14.1. The van der Waals surface area contributed by atoms with E-state index in [1.165, 1.54) is 6.07 Å². The normalized spacial score (nSPS) is 12.9. The minimum absolute atomic E-state index is 0.0446. The summed E-state index contributed by atoms with van der Waals surface area (Å²) < 4.78 is 13.7. The number of nitrogens with one attached hydrogen (secondary N) is 1. The van der Waals surface area contributed by atoms with Gasteiger partial charge in [0.05, 0.1) is 0 Å². The maximum absolute atomic E-state index is 13.7. The quantitative estimate of drug-likeness (QED) is 0.843. The fourth-order valence-electron chi connectivity index (χ4n) is 2.10. The zero-order chi connectivity index (χ0) is 11.7. The molecule has 2 rings (SSSR count). The summed E-state index contributed by atoms with van der Waals surface area (Å²) in [5.74, 6) is -0.0644. The average molecular weight is 219 g/mol. The molecule has 0 saturated carbocycles. The number of ketones is 1. The minimum atomic E-state index is -0.232. The molecule has 1 N–H and O–H groups in total. The first kappa shape index (κ1) is 10.9. The van der Waals surface area contributed by atoms with Crippen molar-refractivity contribution in [3.8, 4) is 0 Å². The van der Waals surface area contributed by atoms with E-state index in [9.17, 15) is 9.18 Å². The topological polar surface area (TPSA) is 32.9 Å². The highest BCUT2D eigenvalue weighted by molar-refractivity contribution is 5.85. The number of fused-ring (bicyclic) bond motifs is 1. The van der Waals surface area contributed by atoms with Crippen LogP contribution >= 0.6 is 0 Å². The third kappa shape index (κ3) is 1.85. The van der Waals surface area contributed by atoms with E-state index in [4.69, 9.17) is 0 Å². The van der Waals surface area contributed by atoms with Crippen LogP contribution in [0.15, 0.2) is 24.4 Å². The van der Waals surface area contributed by atoms with Gasteiger partial charge in [0.2, 0.25) is 0 Å². The maximum Gasteiger partial charge on any atom is 0.132 e. The molecule has 1 unspecified atom stereocenters. The van der Waals surface area contributed by atoms with Crippen molar-refractivity contribution in [1.82, 2.24) is 4.98 Å². The predicted octanol–water partition coefficient (Wildman–Crippen LogP) is 3.39. The molecule has 0 saturated heterocycles. The summed E-state index contributed by atoms with van der Waals surface area (Å²) in [6, 6.07) is 4.95. The Labute approximate surface area is 93.5 Å². The van der Waals surface area contributed by atoms with E-state index in [0.29, 0.717) is 11.8 Å². The summed E-state index contributed by atoms with van der Waals surface area (Å²) in [5.41, 5.74) is 1.66. The zero-order valence-electron chi connectivity index (χ0n) is 9.38. The van der Waals surface area contributed by atoms with Gasteiger partial charge in [-0.3, -0.25) is 0 Å². The Bertz CT molecular complexity index is 530. The first-order valence-electron chi connectivity index (χ1n) is 5.34. The van der Waals surface area contributed by atoms with Crippen LogP contribution in [0.4, 0.5) is 4.39 Å². The number of Topliss-reactive ketones (excluding diaryl/α,β-unsaturated/α-hetero) is 1. The van der Waals surface area contributed by atoms with Crippen molar-refractivity contribution in [2.75, 3.05) is 0 Å². The lowest BCUT2D eigenvalue weighted by atomic mass is 9.95. The van der Waals surface area contributed by atoms with Crippen LogP contribution in [0, 0.1) is 5.82 Å². The van der Waals surface area contributed by atoms with Gasteiger partial charge in [0.25, 0.3) is 0 Å². The van der Waals surface area contributed by atoms with Gasteiger partial charge in [-0.1, -0.05) is 13.0 Å². The summed E-state index contributed by atoms with van der Waals surface area (Å²) in [5, 5.41) is 0.608. The number of carbonyl (C=O) groups is 1. The highest BCUT2D eigenvalue weighted by Gasteiger charge is 2.15. The molecule has 2 nitrogen and oxygen atoms in total. The Morgan fingerprint density at radius 3 is 2.94 bits per heavy atom. The molecule has 16 heavy (non-hydrogen) atoms. The number of H-pyrrole nitrogens is 1. The van der Waals surface area contributed by atoms with E-state index in [0.717, 1.165) is 11.1 Å². The van der Waals surface area contributed by atoms with Crippen molar-refractivity contribution >= 4 is 16.7 Å². The number of carbonyl (C=O) groups excluding carboxylic acids is 1. The van der Waals surface area contributed by atoms with E-state index < -0.39 is 0 Å². The van der Waals surface area contributed by atoms with E-state index in [1.807, 2.05) is 13.0 Å². The van der Waals surface area contributed by atoms with Gasteiger partial charge in [-0.25, -0.2) is 4.39 Å². The van der Waals surface area contributed by atoms with Crippen LogP contribution in [0.3, 0.4) is 0 Å². The number of aromatic nitrogens is 1. The smallest absolute Gasteiger partial charge is 0.132 e. The first-order valence-corrected chi connectivity index (χ1v) is 5.34. The van der Waals surface area contributed by atoms with Gasteiger partial charge in [-0.2, -0.15) is 0 Å². The Morgan fingerprint density at radius 1 is 1.50 bits per heavy atom. The number of halogens is 1. The van der Waals surface area contributed by atoms with Crippen molar-refractivity contribution < 1.29 is 9.18 Å². The lowest BCUT2D eigenvalue weighted by Crippen LogP contribution is -2.00. The second kappa shape index (κ2) is 4.08. The molecule has 84 valence electrons. The molecule has 0 bridgehead atoms. The van der Waals surface area contributed by atoms with Gasteiger partial charge < -0.3 is 9.78 Å². The van der Waals surface area contributed by atoms with Crippen molar-refractivity contribution in [3.05, 3.63) is 35.8 Å². The SMILES string of the molecule is CC(=O)CC(C)c1c[nH]c2cccc(F)c12. The van der Waals surface area contributed by atoms with Crippen LogP contribution in [0.5, 0.6) is 0 Å². The lowest BCUT2D eigenvalue weighted by molar-refractivity contribution is -0.117. The Kier molecular flexibility index (Phi) is 2.77. The van der Waals surface area contributed by atoms with E-state index in [1.54, 1.807) is 19.2 Å². The largest absolute Gasteiger partial charge is 0.361 e.